The van der Waals surface area contributed by atoms with Crippen molar-refractivity contribution in [2.24, 2.45) is 0 Å². The largest absolute Gasteiger partial charge is 0.325 e. The van der Waals surface area contributed by atoms with E-state index < -0.39 is 5.25 Å². The number of amides is 1. The summed E-state index contributed by atoms with van der Waals surface area (Å²) in [6.45, 7) is 11.4. The fraction of sp³-hybridized carbons (Fsp3) is 0.400. The van der Waals surface area contributed by atoms with Crippen molar-refractivity contribution < 1.29 is 4.79 Å². The van der Waals surface area contributed by atoms with Crippen molar-refractivity contribution in [3.05, 3.63) is 63.4 Å². The van der Waals surface area contributed by atoms with Gasteiger partial charge in [0.25, 0.3) is 5.56 Å². The number of aromatic nitrogens is 2. The van der Waals surface area contributed by atoms with Gasteiger partial charge in [0.1, 0.15) is 0 Å². The molecule has 0 aliphatic carbocycles. The van der Waals surface area contributed by atoms with Gasteiger partial charge >= 0.3 is 0 Å². The molecule has 1 N–H and O–H groups in total. The van der Waals surface area contributed by atoms with Crippen LogP contribution in [0.4, 0.5) is 5.69 Å². The first kappa shape index (κ1) is 25.3. The summed E-state index contributed by atoms with van der Waals surface area (Å²) in [5.74, 6) is -0.164. The van der Waals surface area contributed by atoms with Crippen molar-refractivity contribution in [1.82, 2.24) is 14.5 Å². The van der Waals surface area contributed by atoms with Gasteiger partial charge in [0.05, 0.1) is 16.2 Å². The Balaban J connectivity index is 1.84. The minimum absolute atomic E-state index is 0.0686. The van der Waals surface area contributed by atoms with Gasteiger partial charge in [-0.1, -0.05) is 55.4 Å². The van der Waals surface area contributed by atoms with E-state index in [4.69, 9.17) is 16.6 Å². The second kappa shape index (κ2) is 11.7. The van der Waals surface area contributed by atoms with E-state index in [-0.39, 0.29) is 11.5 Å². The van der Waals surface area contributed by atoms with Gasteiger partial charge in [-0.15, -0.1) is 0 Å². The molecule has 0 aliphatic heterocycles. The minimum atomic E-state index is -0.453. The van der Waals surface area contributed by atoms with Crippen LogP contribution in [0.1, 0.15) is 32.8 Å². The predicted octanol–water partition coefficient (Wildman–Crippen LogP) is 5.21. The fourth-order valence-corrected chi connectivity index (χ4v) is 4.71. The molecule has 176 valence electrons. The molecular weight excluding hydrogens is 456 g/mol. The molecule has 0 bridgehead atoms. The molecule has 2 aromatic carbocycles. The van der Waals surface area contributed by atoms with Gasteiger partial charge in [-0.2, -0.15) is 0 Å². The number of halogens is 1. The SMILES string of the molecule is CCN(CC)CCCn1c(SC(C)C(=O)Nc2cc(Cl)ccc2C)nc2ccccc2c1=O. The highest BCUT2D eigenvalue weighted by molar-refractivity contribution is 8.00. The lowest BCUT2D eigenvalue weighted by Gasteiger charge is -2.20. The zero-order chi connectivity index (χ0) is 24.0. The number of carbonyl (C=O) groups excluding carboxylic acids is 1. The Morgan fingerprint density at radius 2 is 1.94 bits per heavy atom. The zero-order valence-corrected chi connectivity index (χ0v) is 21.2. The highest BCUT2D eigenvalue weighted by atomic mass is 35.5. The molecule has 0 spiro atoms. The maximum atomic E-state index is 13.3. The molecule has 0 fully saturated rings. The first-order chi connectivity index (χ1) is 15.8. The molecule has 0 saturated carbocycles. The van der Waals surface area contributed by atoms with Gasteiger partial charge < -0.3 is 10.2 Å². The molecule has 3 rings (SSSR count). The van der Waals surface area contributed by atoms with Crippen molar-refractivity contribution in [3.8, 4) is 0 Å². The molecule has 1 unspecified atom stereocenters. The van der Waals surface area contributed by atoms with Crippen molar-refractivity contribution in [1.29, 1.82) is 0 Å². The molecule has 0 radical (unpaired) electrons. The Kier molecular flexibility index (Phi) is 8.95. The molecule has 3 aromatic rings. The molecule has 1 heterocycles. The van der Waals surface area contributed by atoms with E-state index in [0.29, 0.717) is 33.3 Å². The third-order valence-electron chi connectivity index (χ3n) is 5.69. The molecular formula is C25H31ClN4O2S. The van der Waals surface area contributed by atoms with Gasteiger partial charge in [-0.3, -0.25) is 14.2 Å². The van der Waals surface area contributed by atoms with Crippen LogP contribution in [0.15, 0.2) is 52.4 Å². The topological polar surface area (TPSA) is 67.2 Å². The predicted molar refractivity (Wildman–Crippen MR) is 139 cm³/mol. The number of rotatable bonds is 10. The van der Waals surface area contributed by atoms with Crippen LogP contribution in [0.2, 0.25) is 5.02 Å². The van der Waals surface area contributed by atoms with Gasteiger partial charge in [0, 0.05) is 17.3 Å². The normalized spacial score (nSPS) is 12.3. The van der Waals surface area contributed by atoms with E-state index in [0.717, 1.165) is 31.6 Å². The highest BCUT2D eigenvalue weighted by Gasteiger charge is 2.20. The second-order valence-electron chi connectivity index (χ2n) is 7.96. The number of thioether (sulfide) groups is 1. The number of hydrogen-bond donors (Lipinski definition) is 1. The summed E-state index contributed by atoms with van der Waals surface area (Å²) in [6.07, 6.45) is 0.831. The number of para-hydroxylation sites is 1. The second-order valence-corrected chi connectivity index (χ2v) is 9.70. The van der Waals surface area contributed by atoms with Crippen LogP contribution in [-0.4, -0.2) is 45.2 Å². The Labute approximate surface area is 204 Å². The van der Waals surface area contributed by atoms with E-state index in [9.17, 15) is 9.59 Å². The molecule has 6 nitrogen and oxygen atoms in total. The number of carbonyl (C=O) groups is 1. The summed E-state index contributed by atoms with van der Waals surface area (Å²) >= 11 is 7.39. The zero-order valence-electron chi connectivity index (χ0n) is 19.6. The van der Waals surface area contributed by atoms with Crippen LogP contribution < -0.4 is 10.9 Å². The molecule has 0 saturated heterocycles. The van der Waals surface area contributed by atoms with Crippen LogP contribution in [0, 0.1) is 6.92 Å². The van der Waals surface area contributed by atoms with E-state index in [1.807, 2.05) is 38.1 Å². The number of hydrogen-bond acceptors (Lipinski definition) is 5. The van der Waals surface area contributed by atoms with Crippen LogP contribution in [0.3, 0.4) is 0 Å². The van der Waals surface area contributed by atoms with E-state index in [2.05, 4.69) is 24.1 Å². The van der Waals surface area contributed by atoms with Crippen LogP contribution in [0.5, 0.6) is 0 Å². The number of benzene rings is 2. The van der Waals surface area contributed by atoms with Crippen molar-refractivity contribution in [2.75, 3.05) is 25.0 Å². The maximum Gasteiger partial charge on any atom is 0.262 e. The summed E-state index contributed by atoms with van der Waals surface area (Å²) < 4.78 is 1.71. The summed E-state index contributed by atoms with van der Waals surface area (Å²) in [7, 11) is 0. The van der Waals surface area contributed by atoms with Crippen molar-refractivity contribution in [2.45, 2.75) is 51.1 Å². The van der Waals surface area contributed by atoms with Gasteiger partial charge in [-0.25, -0.2) is 4.98 Å². The van der Waals surface area contributed by atoms with E-state index in [1.165, 1.54) is 11.8 Å². The minimum Gasteiger partial charge on any atom is -0.325 e. The Morgan fingerprint density at radius 3 is 2.67 bits per heavy atom. The van der Waals surface area contributed by atoms with Crippen molar-refractivity contribution >= 4 is 45.9 Å². The van der Waals surface area contributed by atoms with Crippen LogP contribution in [-0.2, 0) is 11.3 Å². The Bertz CT molecular complexity index is 1180. The average Bonchev–Trinajstić information content (AvgIpc) is 2.80. The number of aryl methyl sites for hydroxylation is 1. The molecule has 8 heteroatoms. The summed E-state index contributed by atoms with van der Waals surface area (Å²) in [6, 6.07) is 12.8. The molecule has 33 heavy (non-hydrogen) atoms. The number of anilines is 1. The average molecular weight is 487 g/mol. The summed E-state index contributed by atoms with van der Waals surface area (Å²) in [5.41, 5.74) is 2.19. The summed E-state index contributed by atoms with van der Waals surface area (Å²) in [5, 5.41) is 4.21. The Morgan fingerprint density at radius 1 is 1.21 bits per heavy atom. The molecule has 0 aliphatic rings. The molecule has 1 atom stereocenters. The smallest absolute Gasteiger partial charge is 0.262 e. The van der Waals surface area contributed by atoms with Gasteiger partial charge in [0.15, 0.2) is 5.16 Å². The quantitative estimate of drug-likeness (QED) is 0.315. The first-order valence-electron chi connectivity index (χ1n) is 11.3. The van der Waals surface area contributed by atoms with Crippen molar-refractivity contribution in [3.63, 3.8) is 0 Å². The van der Waals surface area contributed by atoms with Crippen LogP contribution >= 0.6 is 23.4 Å². The standard InChI is InChI=1S/C25H31ClN4O2S/c1-5-29(6-2)14-9-15-30-24(32)20-10-7-8-11-21(20)28-25(30)33-18(4)23(31)27-22-16-19(26)13-12-17(22)3/h7-8,10-13,16,18H,5-6,9,14-15H2,1-4H3,(H,27,31). The maximum absolute atomic E-state index is 13.3. The highest BCUT2D eigenvalue weighted by Crippen LogP contribution is 2.26. The monoisotopic (exact) mass is 486 g/mol. The fourth-order valence-electron chi connectivity index (χ4n) is 3.60. The Hall–Kier alpha value is -2.35. The number of fused-ring (bicyclic) bond motifs is 1. The third kappa shape index (κ3) is 6.37. The van der Waals surface area contributed by atoms with Gasteiger partial charge in [-0.05, 0) is 69.7 Å². The van der Waals surface area contributed by atoms with E-state index >= 15 is 0 Å². The van der Waals surface area contributed by atoms with E-state index in [1.54, 1.807) is 22.8 Å². The van der Waals surface area contributed by atoms with Crippen LogP contribution in [0.25, 0.3) is 10.9 Å². The van der Waals surface area contributed by atoms with Gasteiger partial charge in [0.2, 0.25) is 5.91 Å². The summed E-state index contributed by atoms with van der Waals surface area (Å²) in [4.78, 5) is 33.3. The lowest BCUT2D eigenvalue weighted by Crippen LogP contribution is -2.29. The lowest BCUT2D eigenvalue weighted by molar-refractivity contribution is -0.115. The molecule has 1 amide bonds. The third-order valence-corrected chi connectivity index (χ3v) is 7.01. The lowest BCUT2D eigenvalue weighted by atomic mass is 10.2. The number of nitrogens with one attached hydrogen (secondary N) is 1. The number of nitrogens with zero attached hydrogens (tertiary/aromatic N) is 3. The first-order valence-corrected chi connectivity index (χ1v) is 12.5. The molecule has 1 aromatic heterocycles.